The highest BCUT2D eigenvalue weighted by atomic mass is 16.5. The molecular weight excluding hydrogens is 268 g/mol. The topological polar surface area (TPSA) is 54.7 Å². The highest BCUT2D eigenvalue weighted by Gasteiger charge is 2.10. The lowest BCUT2D eigenvalue weighted by molar-refractivity contribution is 0.0591. The second-order valence-electron chi connectivity index (χ2n) is 4.78. The number of methoxy groups -OCH3 is 2. The summed E-state index contributed by atoms with van der Waals surface area (Å²) < 4.78 is 15.8. The quantitative estimate of drug-likeness (QED) is 0.776. The molecule has 1 saturated heterocycles. The molecule has 1 aliphatic heterocycles. The number of morpholine rings is 1. The van der Waals surface area contributed by atoms with Gasteiger partial charge in [-0.3, -0.25) is 0 Å². The van der Waals surface area contributed by atoms with Gasteiger partial charge >= 0.3 is 0 Å². The van der Waals surface area contributed by atoms with Gasteiger partial charge in [-0.25, -0.2) is 0 Å². The highest BCUT2D eigenvalue weighted by molar-refractivity contribution is 5.44. The highest BCUT2D eigenvalue weighted by Crippen LogP contribution is 2.28. The number of benzene rings is 1. The van der Waals surface area contributed by atoms with E-state index in [0.29, 0.717) is 31.1 Å². The first kappa shape index (κ1) is 15.2. The summed E-state index contributed by atoms with van der Waals surface area (Å²) in [4.78, 5) is 2.13. The largest absolute Gasteiger partial charge is 0.493 e. The van der Waals surface area contributed by atoms with E-state index in [1.54, 1.807) is 14.2 Å². The van der Waals surface area contributed by atoms with E-state index in [4.69, 9.17) is 14.2 Å². The lowest BCUT2D eigenvalue weighted by Crippen LogP contribution is -2.32. The van der Waals surface area contributed by atoms with Crippen molar-refractivity contribution in [3.8, 4) is 17.6 Å². The summed E-state index contributed by atoms with van der Waals surface area (Å²) in [5.41, 5.74) is 1.75. The first-order valence-corrected chi connectivity index (χ1v) is 6.90. The fraction of sp³-hybridized carbons (Fsp3) is 0.438. The Kier molecular flexibility index (Phi) is 5.47. The third-order valence-corrected chi connectivity index (χ3v) is 3.37. The van der Waals surface area contributed by atoms with Crippen LogP contribution in [-0.2, 0) is 11.2 Å². The minimum Gasteiger partial charge on any atom is -0.493 e. The van der Waals surface area contributed by atoms with Gasteiger partial charge in [-0.1, -0.05) is 6.07 Å². The van der Waals surface area contributed by atoms with Crippen molar-refractivity contribution in [3.05, 3.63) is 35.5 Å². The molecule has 1 aromatic rings. The Morgan fingerprint density at radius 1 is 1.29 bits per heavy atom. The Morgan fingerprint density at radius 3 is 2.62 bits per heavy atom. The van der Waals surface area contributed by atoms with E-state index < -0.39 is 0 Å². The SMILES string of the molecule is COc1ccc(C/C(C#N)=C\N2CCOCC2)cc1OC. The summed E-state index contributed by atoms with van der Waals surface area (Å²) in [6.45, 7) is 3.09. The maximum atomic E-state index is 9.31. The summed E-state index contributed by atoms with van der Waals surface area (Å²) >= 11 is 0. The number of nitrogens with zero attached hydrogens (tertiary/aromatic N) is 2. The van der Waals surface area contributed by atoms with E-state index in [0.717, 1.165) is 24.2 Å². The molecule has 0 atom stereocenters. The summed E-state index contributed by atoms with van der Waals surface area (Å²) in [6, 6.07) is 7.99. The van der Waals surface area contributed by atoms with Crippen LogP contribution in [0.1, 0.15) is 5.56 Å². The molecule has 2 rings (SSSR count). The molecule has 0 bridgehead atoms. The van der Waals surface area contributed by atoms with E-state index in [2.05, 4.69) is 11.0 Å². The molecular formula is C16H20N2O3. The van der Waals surface area contributed by atoms with Crippen LogP contribution in [0.4, 0.5) is 0 Å². The third-order valence-electron chi connectivity index (χ3n) is 3.37. The molecule has 0 spiro atoms. The van der Waals surface area contributed by atoms with Crippen LogP contribution in [0.3, 0.4) is 0 Å². The molecule has 1 aliphatic rings. The minimum absolute atomic E-state index is 0.578. The molecule has 21 heavy (non-hydrogen) atoms. The minimum atomic E-state index is 0.578. The molecule has 5 heteroatoms. The van der Waals surface area contributed by atoms with Crippen LogP contribution in [0.15, 0.2) is 30.0 Å². The Labute approximate surface area is 125 Å². The second-order valence-corrected chi connectivity index (χ2v) is 4.78. The molecule has 0 radical (unpaired) electrons. The molecule has 0 aliphatic carbocycles. The van der Waals surface area contributed by atoms with Gasteiger partial charge in [0.25, 0.3) is 0 Å². The van der Waals surface area contributed by atoms with Gasteiger partial charge in [0, 0.05) is 31.3 Å². The lowest BCUT2D eigenvalue weighted by Gasteiger charge is -2.25. The van der Waals surface area contributed by atoms with Gasteiger partial charge in [0.1, 0.15) is 0 Å². The molecule has 0 aromatic heterocycles. The number of hydrogen-bond donors (Lipinski definition) is 0. The Bertz CT molecular complexity index is 543. The van der Waals surface area contributed by atoms with Crippen molar-refractivity contribution in [1.29, 1.82) is 5.26 Å². The number of rotatable bonds is 5. The second kappa shape index (κ2) is 7.55. The molecule has 0 saturated carbocycles. The normalized spacial score (nSPS) is 15.5. The Balaban J connectivity index is 2.11. The molecule has 1 fully saturated rings. The van der Waals surface area contributed by atoms with Crippen LogP contribution >= 0.6 is 0 Å². The molecule has 1 aromatic carbocycles. The van der Waals surface area contributed by atoms with Gasteiger partial charge in [0.05, 0.1) is 33.5 Å². The van der Waals surface area contributed by atoms with Crippen LogP contribution < -0.4 is 9.47 Å². The van der Waals surface area contributed by atoms with Crippen molar-refractivity contribution in [3.63, 3.8) is 0 Å². The van der Waals surface area contributed by atoms with Crippen molar-refractivity contribution >= 4 is 0 Å². The standard InChI is InChI=1S/C16H20N2O3/c1-19-15-4-3-13(10-16(15)20-2)9-14(11-17)12-18-5-7-21-8-6-18/h3-4,10,12H,5-9H2,1-2H3/b14-12+. The van der Waals surface area contributed by atoms with Gasteiger partial charge in [0.15, 0.2) is 11.5 Å². The van der Waals surface area contributed by atoms with Gasteiger partial charge in [0.2, 0.25) is 0 Å². The zero-order chi connectivity index (χ0) is 15.1. The maximum Gasteiger partial charge on any atom is 0.160 e. The van der Waals surface area contributed by atoms with Crippen molar-refractivity contribution in [1.82, 2.24) is 4.90 Å². The zero-order valence-electron chi connectivity index (χ0n) is 12.5. The molecule has 5 nitrogen and oxygen atoms in total. The summed E-state index contributed by atoms with van der Waals surface area (Å²) in [5.74, 6) is 1.37. The number of hydrogen-bond acceptors (Lipinski definition) is 5. The molecule has 112 valence electrons. The first-order chi connectivity index (χ1) is 10.3. The zero-order valence-corrected chi connectivity index (χ0v) is 12.5. The van der Waals surface area contributed by atoms with E-state index in [9.17, 15) is 5.26 Å². The summed E-state index contributed by atoms with van der Waals surface area (Å²) in [5, 5.41) is 9.31. The van der Waals surface area contributed by atoms with Crippen LogP contribution in [-0.4, -0.2) is 45.4 Å². The smallest absolute Gasteiger partial charge is 0.160 e. The summed E-state index contributed by atoms with van der Waals surface area (Å²) in [6.07, 6.45) is 2.51. The fourth-order valence-electron chi connectivity index (χ4n) is 2.25. The van der Waals surface area contributed by atoms with E-state index in [-0.39, 0.29) is 0 Å². The molecule has 0 amide bonds. The van der Waals surface area contributed by atoms with Gasteiger partial charge < -0.3 is 19.1 Å². The van der Waals surface area contributed by atoms with Gasteiger partial charge in [-0.05, 0) is 17.7 Å². The van der Waals surface area contributed by atoms with Crippen LogP contribution in [0.2, 0.25) is 0 Å². The average molecular weight is 288 g/mol. The predicted molar refractivity (Wildman–Crippen MR) is 79.3 cm³/mol. The predicted octanol–water partition coefficient (Wildman–Crippen LogP) is 1.99. The fourth-order valence-corrected chi connectivity index (χ4v) is 2.25. The van der Waals surface area contributed by atoms with Gasteiger partial charge in [-0.15, -0.1) is 0 Å². The van der Waals surface area contributed by atoms with Crippen LogP contribution in [0.5, 0.6) is 11.5 Å². The monoisotopic (exact) mass is 288 g/mol. The number of allylic oxidation sites excluding steroid dienone is 1. The molecule has 1 heterocycles. The first-order valence-electron chi connectivity index (χ1n) is 6.90. The number of ether oxygens (including phenoxy) is 3. The average Bonchev–Trinajstić information content (AvgIpc) is 2.55. The molecule has 0 N–H and O–H groups in total. The lowest BCUT2D eigenvalue weighted by atomic mass is 10.1. The third kappa shape index (κ3) is 4.14. The molecule has 0 unspecified atom stereocenters. The van der Waals surface area contributed by atoms with Crippen LogP contribution in [0.25, 0.3) is 0 Å². The van der Waals surface area contributed by atoms with E-state index in [1.165, 1.54) is 0 Å². The van der Waals surface area contributed by atoms with Crippen molar-refractivity contribution in [2.45, 2.75) is 6.42 Å². The van der Waals surface area contributed by atoms with Crippen molar-refractivity contribution < 1.29 is 14.2 Å². The number of nitriles is 1. The van der Waals surface area contributed by atoms with Crippen molar-refractivity contribution in [2.24, 2.45) is 0 Å². The summed E-state index contributed by atoms with van der Waals surface area (Å²) in [7, 11) is 3.22. The Morgan fingerprint density at radius 2 is 2.00 bits per heavy atom. The Hall–Kier alpha value is -2.19. The van der Waals surface area contributed by atoms with E-state index >= 15 is 0 Å². The van der Waals surface area contributed by atoms with Crippen LogP contribution in [0, 0.1) is 11.3 Å². The van der Waals surface area contributed by atoms with E-state index in [1.807, 2.05) is 24.4 Å². The maximum absolute atomic E-state index is 9.31. The van der Waals surface area contributed by atoms with Crippen molar-refractivity contribution in [2.75, 3.05) is 40.5 Å². The van der Waals surface area contributed by atoms with Gasteiger partial charge in [-0.2, -0.15) is 5.26 Å².